The van der Waals surface area contributed by atoms with E-state index in [1.165, 1.54) is 36.1 Å². The van der Waals surface area contributed by atoms with E-state index in [0.717, 1.165) is 19.4 Å². The Balaban J connectivity index is 1.96. The van der Waals surface area contributed by atoms with Crippen molar-refractivity contribution in [2.24, 2.45) is 0 Å². The highest BCUT2D eigenvalue weighted by Crippen LogP contribution is 2.44. The standard InChI is InChI=1S/C14H19NO/c16-10-14(6-2-7-14)12-4-5-13-11(9-12)3-1-8-15-13/h4-5,9,15-16H,1-3,6-8,10H2. The molecule has 2 nitrogen and oxygen atoms in total. The highest BCUT2D eigenvalue weighted by molar-refractivity contribution is 5.55. The third-order valence-corrected chi connectivity index (χ3v) is 4.27. The van der Waals surface area contributed by atoms with E-state index in [2.05, 4.69) is 23.5 Å². The highest BCUT2D eigenvalue weighted by atomic mass is 16.3. The van der Waals surface area contributed by atoms with Crippen LogP contribution in [-0.2, 0) is 11.8 Å². The number of aryl methyl sites for hydroxylation is 1. The molecule has 0 aromatic heterocycles. The number of nitrogens with one attached hydrogen (secondary N) is 1. The summed E-state index contributed by atoms with van der Waals surface area (Å²) in [5, 5.41) is 13.0. The average molecular weight is 217 g/mol. The van der Waals surface area contributed by atoms with Gasteiger partial charge < -0.3 is 10.4 Å². The highest BCUT2D eigenvalue weighted by Gasteiger charge is 2.38. The molecule has 1 saturated carbocycles. The summed E-state index contributed by atoms with van der Waals surface area (Å²) >= 11 is 0. The van der Waals surface area contributed by atoms with E-state index in [4.69, 9.17) is 0 Å². The van der Waals surface area contributed by atoms with E-state index in [1.54, 1.807) is 0 Å². The van der Waals surface area contributed by atoms with Gasteiger partial charge in [-0.05, 0) is 42.9 Å². The van der Waals surface area contributed by atoms with Gasteiger partial charge in [-0.3, -0.25) is 0 Å². The van der Waals surface area contributed by atoms with E-state index in [0.29, 0.717) is 6.61 Å². The fraction of sp³-hybridized carbons (Fsp3) is 0.571. The second-order valence-electron chi connectivity index (χ2n) is 5.19. The summed E-state index contributed by atoms with van der Waals surface area (Å²) in [4.78, 5) is 0. The normalized spacial score (nSPS) is 21.8. The van der Waals surface area contributed by atoms with Gasteiger partial charge in [-0.1, -0.05) is 18.6 Å². The molecule has 86 valence electrons. The van der Waals surface area contributed by atoms with E-state index in [-0.39, 0.29) is 5.41 Å². The van der Waals surface area contributed by atoms with E-state index >= 15 is 0 Å². The van der Waals surface area contributed by atoms with Gasteiger partial charge in [0.05, 0.1) is 6.61 Å². The number of fused-ring (bicyclic) bond motifs is 1. The van der Waals surface area contributed by atoms with Crippen LogP contribution in [0.4, 0.5) is 5.69 Å². The monoisotopic (exact) mass is 217 g/mol. The minimum atomic E-state index is 0.0898. The van der Waals surface area contributed by atoms with Crippen LogP contribution in [-0.4, -0.2) is 18.3 Å². The zero-order valence-electron chi connectivity index (χ0n) is 9.63. The molecular weight excluding hydrogens is 198 g/mol. The predicted molar refractivity (Wildman–Crippen MR) is 65.9 cm³/mol. The summed E-state index contributed by atoms with van der Waals surface area (Å²) in [6.45, 7) is 1.40. The minimum Gasteiger partial charge on any atom is -0.395 e. The number of hydrogen-bond acceptors (Lipinski definition) is 2. The van der Waals surface area contributed by atoms with Crippen molar-refractivity contribution in [3.63, 3.8) is 0 Å². The molecule has 3 rings (SSSR count). The topological polar surface area (TPSA) is 32.3 Å². The van der Waals surface area contributed by atoms with Crippen molar-refractivity contribution >= 4 is 5.69 Å². The molecule has 0 atom stereocenters. The summed E-state index contributed by atoms with van der Waals surface area (Å²) in [5.74, 6) is 0. The predicted octanol–water partition coefficient (Wildman–Crippen LogP) is 2.46. The van der Waals surface area contributed by atoms with Crippen LogP contribution in [0.3, 0.4) is 0 Å². The molecule has 0 saturated heterocycles. The molecule has 1 fully saturated rings. The van der Waals surface area contributed by atoms with Gasteiger partial charge in [0.1, 0.15) is 0 Å². The molecule has 1 aromatic rings. The summed E-state index contributed by atoms with van der Waals surface area (Å²) < 4.78 is 0. The number of anilines is 1. The van der Waals surface area contributed by atoms with E-state index < -0.39 is 0 Å². The lowest BCUT2D eigenvalue weighted by Crippen LogP contribution is -2.38. The van der Waals surface area contributed by atoms with Gasteiger partial charge in [0.25, 0.3) is 0 Å². The first-order chi connectivity index (χ1) is 7.84. The Hall–Kier alpha value is -1.02. The SMILES string of the molecule is OCC1(c2ccc3c(c2)CCCN3)CCC1. The van der Waals surface area contributed by atoms with Crippen LogP contribution in [0.2, 0.25) is 0 Å². The Bertz CT molecular complexity index is 390. The average Bonchev–Trinajstić information content (AvgIpc) is 2.28. The molecule has 0 unspecified atom stereocenters. The van der Waals surface area contributed by atoms with Gasteiger partial charge >= 0.3 is 0 Å². The largest absolute Gasteiger partial charge is 0.395 e. The zero-order valence-corrected chi connectivity index (χ0v) is 9.63. The van der Waals surface area contributed by atoms with Gasteiger partial charge in [0.15, 0.2) is 0 Å². The Labute approximate surface area is 96.7 Å². The minimum absolute atomic E-state index is 0.0898. The van der Waals surface area contributed by atoms with Crippen LogP contribution in [0.25, 0.3) is 0 Å². The summed E-state index contributed by atoms with van der Waals surface area (Å²) in [6, 6.07) is 6.71. The van der Waals surface area contributed by atoms with Crippen molar-refractivity contribution in [3.05, 3.63) is 29.3 Å². The second kappa shape index (κ2) is 3.77. The molecule has 1 aromatic carbocycles. The number of hydrogen-bond donors (Lipinski definition) is 2. The lowest BCUT2D eigenvalue weighted by molar-refractivity contribution is 0.120. The molecule has 1 aliphatic carbocycles. The van der Waals surface area contributed by atoms with Gasteiger partial charge in [-0.2, -0.15) is 0 Å². The van der Waals surface area contributed by atoms with Crippen molar-refractivity contribution in [2.75, 3.05) is 18.5 Å². The molecule has 0 amide bonds. The number of benzene rings is 1. The van der Waals surface area contributed by atoms with Crippen LogP contribution in [0.1, 0.15) is 36.8 Å². The first-order valence-corrected chi connectivity index (χ1v) is 6.32. The molecule has 0 bridgehead atoms. The molecule has 2 aliphatic rings. The third-order valence-electron chi connectivity index (χ3n) is 4.27. The number of aliphatic hydroxyl groups is 1. The Morgan fingerprint density at radius 1 is 1.25 bits per heavy atom. The van der Waals surface area contributed by atoms with Gasteiger partial charge in [-0.25, -0.2) is 0 Å². The fourth-order valence-electron chi connectivity index (χ4n) is 2.95. The van der Waals surface area contributed by atoms with Crippen molar-refractivity contribution in [1.29, 1.82) is 0 Å². The van der Waals surface area contributed by atoms with Crippen molar-refractivity contribution in [3.8, 4) is 0 Å². The molecule has 0 spiro atoms. The quantitative estimate of drug-likeness (QED) is 0.797. The van der Waals surface area contributed by atoms with Crippen molar-refractivity contribution in [2.45, 2.75) is 37.5 Å². The van der Waals surface area contributed by atoms with Crippen molar-refractivity contribution in [1.82, 2.24) is 0 Å². The van der Waals surface area contributed by atoms with Crippen LogP contribution in [0.5, 0.6) is 0 Å². The molecule has 1 heterocycles. The second-order valence-corrected chi connectivity index (χ2v) is 5.19. The maximum atomic E-state index is 9.58. The van der Waals surface area contributed by atoms with Crippen LogP contribution >= 0.6 is 0 Å². The Kier molecular flexibility index (Phi) is 2.40. The molecule has 16 heavy (non-hydrogen) atoms. The fourth-order valence-corrected chi connectivity index (χ4v) is 2.95. The van der Waals surface area contributed by atoms with Crippen LogP contribution in [0.15, 0.2) is 18.2 Å². The maximum absolute atomic E-state index is 9.58. The molecule has 1 aliphatic heterocycles. The molecule has 2 heteroatoms. The molecule has 2 N–H and O–H groups in total. The van der Waals surface area contributed by atoms with Gasteiger partial charge in [0, 0.05) is 17.6 Å². The summed E-state index contributed by atoms with van der Waals surface area (Å²) in [6.07, 6.45) is 5.96. The van der Waals surface area contributed by atoms with Crippen LogP contribution in [0, 0.1) is 0 Å². The van der Waals surface area contributed by atoms with Gasteiger partial charge in [0.2, 0.25) is 0 Å². The first-order valence-electron chi connectivity index (χ1n) is 6.32. The zero-order chi connectivity index (χ0) is 11.0. The van der Waals surface area contributed by atoms with Crippen molar-refractivity contribution < 1.29 is 5.11 Å². The van der Waals surface area contributed by atoms with E-state index in [9.17, 15) is 5.11 Å². The lowest BCUT2D eigenvalue weighted by Gasteiger charge is -2.41. The first kappa shape index (κ1) is 10.2. The smallest absolute Gasteiger partial charge is 0.0527 e. The molecule has 0 radical (unpaired) electrons. The van der Waals surface area contributed by atoms with E-state index in [1.807, 2.05) is 0 Å². The number of aliphatic hydroxyl groups excluding tert-OH is 1. The summed E-state index contributed by atoms with van der Waals surface area (Å²) in [7, 11) is 0. The van der Waals surface area contributed by atoms with Crippen LogP contribution < -0.4 is 5.32 Å². The maximum Gasteiger partial charge on any atom is 0.0527 e. The Morgan fingerprint density at radius 2 is 2.12 bits per heavy atom. The third kappa shape index (κ3) is 1.44. The lowest BCUT2D eigenvalue weighted by atomic mass is 9.64. The number of rotatable bonds is 2. The summed E-state index contributed by atoms with van der Waals surface area (Å²) in [5.41, 5.74) is 4.17. The Morgan fingerprint density at radius 3 is 2.81 bits per heavy atom. The van der Waals surface area contributed by atoms with Gasteiger partial charge in [-0.15, -0.1) is 0 Å². The molecular formula is C14H19NO.